The van der Waals surface area contributed by atoms with Gasteiger partial charge in [0.1, 0.15) is 18.9 Å². The van der Waals surface area contributed by atoms with Crippen LogP contribution >= 0.6 is 0 Å². The Morgan fingerprint density at radius 2 is 2.27 bits per heavy atom. The Bertz CT molecular complexity index is 990. The summed E-state index contributed by atoms with van der Waals surface area (Å²) in [6.07, 6.45) is 5.93. The SMILES string of the molecule is N#Cc1ncn(CC(=O)N[C@H]2CCN(c3ccc4cnccc4c3)C2)n1. The van der Waals surface area contributed by atoms with Crippen LogP contribution < -0.4 is 10.2 Å². The molecule has 0 aliphatic carbocycles. The normalized spacial score (nSPS) is 16.6. The van der Waals surface area contributed by atoms with Crippen LogP contribution in [0, 0.1) is 11.3 Å². The van der Waals surface area contributed by atoms with Crippen molar-refractivity contribution in [2.45, 2.75) is 19.0 Å². The van der Waals surface area contributed by atoms with Crippen molar-refractivity contribution in [2.24, 2.45) is 0 Å². The lowest BCUT2D eigenvalue weighted by molar-refractivity contribution is -0.122. The van der Waals surface area contributed by atoms with Gasteiger partial charge in [-0.1, -0.05) is 6.07 Å². The molecule has 0 bridgehead atoms. The van der Waals surface area contributed by atoms with Gasteiger partial charge in [-0.05, 0) is 30.0 Å². The third-order valence-corrected chi connectivity index (χ3v) is 4.48. The molecule has 0 radical (unpaired) electrons. The van der Waals surface area contributed by atoms with Crippen molar-refractivity contribution in [1.82, 2.24) is 25.1 Å². The minimum absolute atomic E-state index is 0.0636. The number of nitriles is 1. The Kier molecular flexibility index (Phi) is 4.19. The van der Waals surface area contributed by atoms with E-state index in [2.05, 4.69) is 43.5 Å². The summed E-state index contributed by atoms with van der Waals surface area (Å²) in [4.78, 5) is 22.4. The van der Waals surface area contributed by atoms with Crippen LogP contribution in [0.1, 0.15) is 12.2 Å². The van der Waals surface area contributed by atoms with E-state index < -0.39 is 0 Å². The van der Waals surface area contributed by atoms with Gasteiger partial charge in [-0.3, -0.25) is 9.78 Å². The van der Waals surface area contributed by atoms with Crippen molar-refractivity contribution in [3.63, 3.8) is 0 Å². The maximum absolute atomic E-state index is 12.2. The fourth-order valence-corrected chi connectivity index (χ4v) is 3.22. The van der Waals surface area contributed by atoms with Crippen molar-refractivity contribution in [3.05, 3.63) is 48.8 Å². The van der Waals surface area contributed by atoms with Gasteiger partial charge in [0.25, 0.3) is 5.82 Å². The fraction of sp³-hybridized carbons (Fsp3) is 0.278. The molecule has 4 rings (SSSR count). The number of pyridine rings is 1. The van der Waals surface area contributed by atoms with E-state index in [0.29, 0.717) is 0 Å². The van der Waals surface area contributed by atoms with Crippen LogP contribution in [0.25, 0.3) is 10.8 Å². The first-order chi connectivity index (χ1) is 12.7. The largest absolute Gasteiger partial charge is 0.369 e. The van der Waals surface area contributed by atoms with Crippen molar-refractivity contribution >= 4 is 22.4 Å². The summed E-state index contributed by atoms with van der Waals surface area (Å²) in [7, 11) is 0. The van der Waals surface area contributed by atoms with E-state index >= 15 is 0 Å². The topological polar surface area (TPSA) is 99.7 Å². The summed E-state index contributed by atoms with van der Waals surface area (Å²) in [5, 5.41) is 17.9. The first kappa shape index (κ1) is 16.0. The summed E-state index contributed by atoms with van der Waals surface area (Å²) < 4.78 is 1.37. The molecular weight excluding hydrogens is 330 g/mol. The van der Waals surface area contributed by atoms with Gasteiger partial charge in [0.15, 0.2) is 0 Å². The summed E-state index contributed by atoms with van der Waals surface area (Å²) >= 11 is 0. The monoisotopic (exact) mass is 347 g/mol. The maximum Gasteiger partial charge on any atom is 0.252 e. The molecular formula is C18H17N7O. The Balaban J connectivity index is 1.36. The zero-order valence-corrected chi connectivity index (χ0v) is 14.0. The smallest absolute Gasteiger partial charge is 0.252 e. The van der Waals surface area contributed by atoms with E-state index in [-0.39, 0.29) is 24.3 Å². The molecule has 1 aliphatic heterocycles. The molecule has 2 aromatic heterocycles. The lowest BCUT2D eigenvalue weighted by Crippen LogP contribution is -2.39. The minimum Gasteiger partial charge on any atom is -0.369 e. The van der Waals surface area contributed by atoms with Gasteiger partial charge in [-0.2, -0.15) is 5.26 Å². The summed E-state index contributed by atoms with van der Waals surface area (Å²) in [5.74, 6) is -0.0628. The van der Waals surface area contributed by atoms with Crippen molar-refractivity contribution in [3.8, 4) is 6.07 Å². The maximum atomic E-state index is 12.2. The molecule has 1 aliphatic rings. The number of aromatic nitrogens is 4. The number of carbonyl (C=O) groups is 1. The fourth-order valence-electron chi connectivity index (χ4n) is 3.22. The lowest BCUT2D eigenvalue weighted by Gasteiger charge is -2.19. The molecule has 8 nitrogen and oxygen atoms in total. The zero-order valence-electron chi connectivity index (χ0n) is 14.0. The van der Waals surface area contributed by atoms with Gasteiger partial charge in [0.05, 0.1) is 0 Å². The van der Waals surface area contributed by atoms with E-state index in [9.17, 15) is 4.79 Å². The quantitative estimate of drug-likeness (QED) is 0.758. The lowest BCUT2D eigenvalue weighted by atomic mass is 10.1. The van der Waals surface area contributed by atoms with E-state index in [4.69, 9.17) is 5.26 Å². The number of rotatable bonds is 4. The molecule has 1 atom stereocenters. The average Bonchev–Trinajstić information content (AvgIpc) is 3.30. The average molecular weight is 347 g/mol. The van der Waals surface area contributed by atoms with Gasteiger partial charge in [0.2, 0.25) is 5.91 Å². The highest BCUT2D eigenvalue weighted by Gasteiger charge is 2.24. The Hall–Kier alpha value is -3.47. The second kappa shape index (κ2) is 6.80. The number of carbonyl (C=O) groups excluding carboxylic acids is 1. The molecule has 0 spiro atoms. The molecule has 8 heteroatoms. The highest BCUT2D eigenvalue weighted by molar-refractivity contribution is 5.85. The predicted octanol–water partition coefficient (Wildman–Crippen LogP) is 1.09. The zero-order chi connectivity index (χ0) is 17.9. The molecule has 1 saturated heterocycles. The standard InChI is InChI=1S/C18H17N7O/c19-8-17-21-12-25(23-17)11-18(26)22-15-4-6-24(10-15)16-2-1-14-9-20-5-3-13(14)7-16/h1-3,5,7,9,12,15H,4,6,10-11H2,(H,22,26)/t15-/m0/s1. The van der Waals surface area contributed by atoms with Gasteiger partial charge < -0.3 is 10.2 Å². The number of benzene rings is 1. The van der Waals surface area contributed by atoms with Gasteiger partial charge in [-0.15, -0.1) is 5.10 Å². The first-order valence-corrected chi connectivity index (χ1v) is 8.39. The number of nitrogens with zero attached hydrogens (tertiary/aromatic N) is 6. The van der Waals surface area contributed by atoms with Crippen LogP contribution in [0.4, 0.5) is 5.69 Å². The molecule has 130 valence electrons. The van der Waals surface area contributed by atoms with Crippen LogP contribution in [-0.2, 0) is 11.3 Å². The van der Waals surface area contributed by atoms with Crippen molar-refractivity contribution in [1.29, 1.82) is 5.26 Å². The molecule has 0 saturated carbocycles. The Morgan fingerprint density at radius 1 is 1.35 bits per heavy atom. The first-order valence-electron chi connectivity index (χ1n) is 8.39. The summed E-state index contributed by atoms with van der Waals surface area (Å²) in [6.45, 7) is 1.72. The molecule has 26 heavy (non-hydrogen) atoms. The molecule has 0 unspecified atom stereocenters. The molecule has 1 amide bonds. The number of nitrogens with one attached hydrogen (secondary N) is 1. The summed E-state index contributed by atoms with van der Waals surface area (Å²) in [5.41, 5.74) is 1.15. The molecule has 3 heterocycles. The van der Waals surface area contributed by atoms with Crippen molar-refractivity contribution < 1.29 is 4.79 Å². The van der Waals surface area contributed by atoms with Gasteiger partial charge >= 0.3 is 0 Å². The van der Waals surface area contributed by atoms with Crippen LogP contribution in [0.5, 0.6) is 0 Å². The molecule has 1 aromatic carbocycles. The Morgan fingerprint density at radius 3 is 3.12 bits per heavy atom. The third-order valence-electron chi connectivity index (χ3n) is 4.48. The van der Waals surface area contributed by atoms with E-state index in [0.717, 1.165) is 36.0 Å². The second-order valence-electron chi connectivity index (χ2n) is 6.28. The van der Waals surface area contributed by atoms with Crippen LogP contribution in [0.2, 0.25) is 0 Å². The van der Waals surface area contributed by atoms with E-state index in [1.54, 1.807) is 6.20 Å². The number of amides is 1. The molecule has 3 aromatic rings. The highest BCUT2D eigenvalue weighted by atomic mass is 16.2. The van der Waals surface area contributed by atoms with E-state index in [1.807, 2.05) is 18.3 Å². The number of hydrogen-bond donors (Lipinski definition) is 1. The number of hydrogen-bond acceptors (Lipinski definition) is 6. The van der Waals surface area contributed by atoms with E-state index in [1.165, 1.54) is 11.0 Å². The van der Waals surface area contributed by atoms with Crippen LogP contribution in [0.3, 0.4) is 0 Å². The molecule has 1 fully saturated rings. The van der Waals surface area contributed by atoms with Crippen LogP contribution in [0.15, 0.2) is 43.0 Å². The second-order valence-corrected chi connectivity index (χ2v) is 6.28. The van der Waals surface area contributed by atoms with Crippen molar-refractivity contribution in [2.75, 3.05) is 18.0 Å². The summed E-state index contributed by atoms with van der Waals surface area (Å²) in [6, 6.07) is 10.3. The van der Waals surface area contributed by atoms with Gasteiger partial charge in [-0.25, -0.2) is 9.67 Å². The van der Waals surface area contributed by atoms with Gasteiger partial charge in [0, 0.05) is 42.6 Å². The Labute approximate surface area is 150 Å². The predicted molar refractivity (Wildman–Crippen MR) is 95.2 cm³/mol. The van der Waals surface area contributed by atoms with Crippen LogP contribution in [-0.4, -0.2) is 44.8 Å². The highest BCUT2D eigenvalue weighted by Crippen LogP contribution is 2.24. The molecule has 1 N–H and O–H groups in total. The number of fused-ring (bicyclic) bond motifs is 1. The number of anilines is 1. The minimum atomic E-state index is -0.129. The third kappa shape index (κ3) is 3.32.